The molecule has 3 amide bonds. The Morgan fingerprint density at radius 2 is 1.05 bits per heavy atom. The minimum absolute atomic E-state index is 0.0822. The highest BCUT2D eigenvalue weighted by molar-refractivity contribution is 5.87. The highest BCUT2D eigenvalue weighted by Gasteiger charge is 2.40. The van der Waals surface area contributed by atoms with Gasteiger partial charge in [0.25, 0.3) is 5.91 Å². The SMILES string of the molecule is CN(C(=O)O)[C@@H](C(=O)N1CCC[C@H]1c1ncc(-c2ccc(-c3ccc(-c4cnc([C@@H]5CCCN5C(=O)[C@@H](c5ccccc5)N5CCCC5)[nH]4)cc3)cc2)[nH]1)c1ccccc1. The lowest BCUT2D eigenvalue weighted by molar-refractivity contribution is -0.138. The van der Waals surface area contributed by atoms with E-state index < -0.39 is 12.1 Å². The van der Waals surface area contributed by atoms with Gasteiger partial charge >= 0.3 is 6.09 Å². The number of carboxylic acid groups (broad SMARTS) is 1. The predicted octanol–water partition coefficient (Wildman–Crippen LogP) is 8.65. The van der Waals surface area contributed by atoms with Gasteiger partial charge in [-0.25, -0.2) is 14.8 Å². The van der Waals surface area contributed by atoms with Crippen molar-refractivity contribution in [3.63, 3.8) is 0 Å². The standard InChI is InChI=1S/C48H50N8O4/c1-53(48(59)60)42(36-12-4-2-5-13-36)46(57)55-28-10-16-40(55)44-49-30-38(51-44)34-22-18-32(19-23-34)33-20-24-35(25-21-33)39-31-50-45(52-39)41-17-11-29-56(41)47(58)43(54-26-8-9-27-54)37-14-6-3-7-15-37/h2-7,12-15,18-25,30-31,40-43H,8-11,16-17,26-29H2,1H3,(H,49,51)(H,50,52)(H,59,60)/t40-,41-,42+,43+/m0/s1. The van der Waals surface area contributed by atoms with Gasteiger partial charge in [0.05, 0.1) is 35.9 Å². The van der Waals surface area contributed by atoms with E-state index in [1.807, 2.05) is 47.5 Å². The smallest absolute Gasteiger partial charge is 0.407 e. The molecule has 12 heteroatoms. The summed E-state index contributed by atoms with van der Waals surface area (Å²) >= 11 is 0. The van der Waals surface area contributed by atoms with Crippen molar-refractivity contribution in [2.45, 2.75) is 62.7 Å². The Hall–Kier alpha value is -6.53. The van der Waals surface area contributed by atoms with E-state index in [1.165, 1.54) is 7.05 Å². The summed E-state index contributed by atoms with van der Waals surface area (Å²) in [6, 6.07) is 34.4. The van der Waals surface area contributed by atoms with Crippen LogP contribution in [0.15, 0.2) is 122 Å². The number of likely N-dealkylation sites (tertiary alicyclic amines) is 3. The number of H-pyrrole nitrogens is 2. The van der Waals surface area contributed by atoms with E-state index in [1.54, 1.807) is 23.2 Å². The van der Waals surface area contributed by atoms with Crippen molar-refractivity contribution < 1.29 is 19.5 Å². The van der Waals surface area contributed by atoms with E-state index in [9.17, 15) is 19.5 Å². The molecule has 0 saturated carbocycles. The van der Waals surface area contributed by atoms with Gasteiger partial charge in [-0.1, -0.05) is 109 Å². The van der Waals surface area contributed by atoms with Crippen LogP contribution in [-0.4, -0.2) is 95.8 Å². The summed E-state index contributed by atoms with van der Waals surface area (Å²) in [6.45, 7) is 3.14. The average Bonchev–Trinajstić information content (AvgIpc) is 4.15. The first kappa shape index (κ1) is 39.0. The monoisotopic (exact) mass is 802 g/mol. The second kappa shape index (κ2) is 17.0. The molecule has 5 heterocycles. The van der Waals surface area contributed by atoms with Gasteiger partial charge in [-0.15, -0.1) is 0 Å². The third kappa shape index (κ3) is 7.70. The lowest BCUT2D eigenvalue weighted by Crippen LogP contribution is -2.43. The number of likely N-dealkylation sites (N-methyl/N-ethyl adjacent to an activating group) is 1. The molecule has 3 aliphatic heterocycles. The summed E-state index contributed by atoms with van der Waals surface area (Å²) in [5.41, 5.74) is 7.61. The first-order valence-electron chi connectivity index (χ1n) is 21.1. The molecule has 0 radical (unpaired) electrons. The molecule has 0 unspecified atom stereocenters. The minimum Gasteiger partial charge on any atom is -0.465 e. The number of carbonyl (C=O) groups excluding carboxylic acids is 2. The van der Waals surface area contributed by atoms with Gasteiger partial charge in [0, 0.05) is 20.1 Å². The fourth-order valence-corrected chi connectivity index (χ4v) is 9.36. The number of amides is 3. The van der Waals surface area contributed by atoms with E-state index in [0.717, 1.165) is 108 Å². The van der Waals surface area contributed by atoms with Crippen molar-refractivity contribution in [1.29, 1.82) is 0 Å². The largest absolute Gasteiger partial charge is 0.465 e. The van der Waals surface area contributed by atoms with Crippen LogP contribution in [0.4, 0.5) is 4.79 Å². The van der Waals surface area contributed by atoms with Gasteiger partial charge in [-0.2, -0.15) is 0 Å². The number of hydrogen-bond acceptors (Lipinski definition) is 6. The number of benzene rings is 4. The molecule has 0 aliphatic carbocycles. The molecule has 2 aromatic heterocycles. The number of nitrogens with zero attached hydrogens (tertiary/aromatic N) is 6. The molecule has 60 heavy (non-hydrogen) atoms. The van der Waals surface area contributed by atoms with E-state index in [2.05, 4.69) is 75.5 Å². The molecule has 9 rings (SSSR count). The molecule has 3 fully saturated rings. The molecule has 0 bridgehead atoms. The van der Waals surface area contributed by atoms with Crippen LogP contribution >= 0.6 is 0 Å². The molecular weight excluding hydrogens is 753 g/mol. The normalized spacial score (nSPS) is 19.1. The number of nitrogens with one attached hydrogen (secondary N) is 2. The number of aromatic nitrogens is 4. The number of aromatic amines is 2. The third-order valence-corrected chi connectivity index (χ3v) is 12.5. The van der Waals surface area contributed by atoms with Gasteiger partial charge in [-0.3, -0.25) is 19.4 Å². The first-order chi connectivity index (χ1) is 29.3. The Balaban J connectivity index is 0.865. The van der Waals surface area contributed by atoms with Crippen molar-refractivity contribution in [3.05, 3.63) is 144 Å². The van der Waals surface area contributed by atoms with E-state index >= 15 is 0 Å². The van der Waals surface area contributed by atoms with Gasteiger partial charge in [0.1, 0.15) is 23.7 Å². The molecule has 306 valence electrons. The molecule has 0 spiro atoms. The maximum atomic E-state index is 14.3. The molecule has 3 N–H and O–H groups in total. The zero-order valence-electron chi connectivity index (χ0n) is 33.8. The zero-order valence-corrected chi connectivity index (χ0v) is 33.8. The summed E-state index contributed by atoms with van der Waals surface area (Å²) in [4.78, 5) is 64.0. The number of rotatable bonds is 11. The van der Waals surface area contributed by atoms with Crippen LogP contribution in [0.5, 0.6) is 0 Å². The molecule has 6 aromatic rings. The van der Waals surface area contributed by atoms with Gasteiger partial charge < -0.3 is 24.9 Å². The van der Waals surface area contributed by atoms with Crippen LogP contribution in [-0.2, 0) is 9.59 Å². The number of hydrogen-bond donors (Lipinski definition) is 3. The van der Waals surface area contributed by atoms with Crippen molar-refractivity contribution in [1.82, 2.24) is 39.5 Å². The Kier molecular flexibility index (Phi) is 11.0. The summed E-state index contributed by atoms with van der Waals surface area (Å²) in [6.07, 6.45) is 8.13. The summed E-state index contributed by atoms with van der Waals surface area (Å²) in [5, 5.41) is 9.81. The van der Waals surface area contributed by atoms with Crippen molar-refractivity contribution in [2.24, 2.45) is 0 Å². The van der Waals surface area contributed by atoms with Crippen molar-refractivity contribution in [2.75, 3.05) is 33.2 Å². The molecule has 3 saturated heterocycles. The van der Waals surface area contributed by atoms with Crippen LogP contribution in [0.3, 0.4) is 0 Å². The Morgan fingerprint density at radius 3 is 1.53 bits per heavy atom. The fourth-order valence-electron chi connectivity index (χ4n) is 9.36. The van der Waals surface area contributed by atoms with Gasteiger partial charge in [0.2, 0.25) is 5.91 Å². The Bertz CT molecular complexity index is 2430. The summed E-state index contributed by atoms with van der Waals surface area (Å²) in [7, 11) is 1.44. The highest BCUT2D eigenvalue weighted by atomic mass is 16.4. The van der Waals surface area contributed by atoms with Crippen LogP contribution in [0.2, 0.25) is 0 Å². The van der Waals surface area contributed by atoms with E-state index in [0.29, 0.717) is 17.9 Å². The maximum Gasteiger partial charge on any atom is 0.407 e. The maximum absolute atomic E-state index is 14.3. The average molecular weight is 803 g/mol. The van der Waals surface area contributed by atoms with Crippen LogP contribution in [0, 0.1) is 0 Å². The highest BCUT2D eigenvalue weighted by Crippen LogP contribution is 2.38. The molecular formula is C48H50N8O4. The second-order valence-corrected chi connectivity index (χ2v) is 16.2. The van der Waals surface area contributed by atoms with E-state index in [-0.39, 0.29) is 29.9 Å². The third-order valence-electron chi connectivity index (χ3n) is 12.5. The number of imidazole rings is 2. The lowest BCUT2D eigenvalue weighted by Gasteiger charge is -2.33. The quantitative estimate of drug-likeness (QED) is 0.119. The lowest BCUT2D eigenvalue weighted by atomic mass is 10.0. The van der Waals surface area contributed by atoms with Crippen molar-refractivity contribution in [3.8, 4) is 33.6 Å². The summed E-state index contributed by atoms with van der Waals surface area (Å²) in [5.74, 6) is 1.43. The Labute approximate surface area is 349 Å². The second-order valence-electron chi connectivity index (χ2n) is 16.2. The van der Waals surface area contributed by atoms with Gasteiger partial charge in [0.15, 0.2) is 0 Å². The van der Waals surface area contributed by atoms with Crippen LogP contribution < -0.4 is 0 Å². The van der Waals surface area contributed by atoms with E-state index in [4.69, 9.17) is 9.97 Å². The van der Waals surface area contributed by atoms with Crippen LogP contribution in [0.1, 0.15) is 85.5 Å². The number of carbonyl (C=O) groups is 3. The van der Waals surface area contributed by atoms with Gasteiger partial charge in [-0.05, 0) is 85.0 Å². The van der Waals surface area contributed by atoms with Crippen molar-refractivity contribution >= 4 is 17.9 Å². The molecule has 12 nitrogen and oxygen atoms in total. The zero-order chi connectivity index (χ0) is 41.2. The van der Waals surface area contributed by atoms with Crippen LogP contribution in [0.25, 0.3) is 33.6 Å². The fraction of sp³-hybridized carbons (Fsp3) is 0.312. The summed E-state index contributed by atoms with van der Waals surface area (Å²) < 4.78 is 0. The topological polar surface area (TPSA) is 142 Å². The molecule has 4 atom stereocenters. The molecule has 3 aliphatic rings. The minimum atomic E-state index is -1.16. The molecule has 4 aromatic carbocycles. The predicted molar refractivity (Wildman–Crippen MR) is 229 cm³/mol. The first-order valence-corrected chi connectivity index (χ1v) is 21.1. The Morgan fingerprint density at radius 1 is 0.600 bits per heavy atom.